The van der Waals surface area contributed by atoms with Crippen LogP contribution in [-0.4, -0.2) is 35.8 Å². The molecule has 0 unspecified atom stereocenters. The second-order valence-corrected chi connectivity index (χ2v) is 2.81. The maximum Gasteiger partial charge on any atom is 0.459 e. The Hall–Kier alpha value is -0.280. The van der Waals surface area contributed by atoms with Gasteiger partial charge in [-0.3, -0.25) is 0 Å². The highest BCUT2D eigenvalue weighted by molar-refractivity contribution is 5.85. The van der Waals surface area contributed by atoms with Crippen molar-refractivity contribution in [3.8, 4) is 0 Å². The molecule has 16 heavy (non-hydrogen) atoms. The van der Waals surface area contributed by atoms with Gasteiger partial charge in [0, 0.05) is 6.61 Å². The van der Waals surface area contributed by atoms with Crippen molar-refractivity contribution in [2.45, 2.75) is 30.5 Å². The molecule has 3 N–H and O–H groups in total. The van der Waals surface area contributed by atoms with Crippen molar-refractivity contribution in [1.82, 2.24) is 0 Å². The number of aliphatic hydroxyl groups is 1. The molecule has 0 spiro atoms. The third kappa shape index (κ3) is 3.11. The van der Waals surface area contributed by atoms with Gasteiger partial charge in [0.25, 0.3) is 0 Å². The maximum atomic E-state index is 12.6. The lowest BCUT2D eigenvalue weighted by atomic mass is 10.0. The number of aliphatic hydroxyl groups excluding tert-OH is 1. The van der Waals surface area contributed by atoms with Gasteiger partial charge in [-0.25, -0.2) is 0 Å². The van der Waals surface area contributed by atoms with Crippen LogP contribution in [0.15, 0.2) is 0 Å². The van der Waals surface area contributed by atoms with E-state index < -0.39 is 37.1 Å². The van der Waals surface area contributed by atoms with Crippen LogP contribution in [0, 0.1) is 0 Å². The van der Waals surface area contributed by atoms with Crippen LogP contribution < -0.4 is 5.73 Å². The van der Waals surface area contributed by atoms with Crippen LogP contribution in [-0.2, 0) is 0 Å². The van der Waals surface area contributed by atoms with Gasteiger partial charge >= 0.3 is 18.0 Å². The summed E-state index contributed by atoms with van der Waals surface area (Å²) in [4.78, 5) is 0. The first-order valence-electron chi connectivity index (χ1n) is 3.67. The van der Waals surface area contributed by atoms with Crippen molar-refractivity contribution < 1.29 is 35.8 Å². The molecule has 0 rings (SSSR count). The molecule has 0 aliphatic heterocycles. The quantitative estimate of drug-likeness (QED) is 0.773. The molecule has 0 radical (unpaired) electrons. The molecule has 0 amide bonds. The Bertz CT molecular complexity index is 219. The first kappa shape index (κ1) is 18.1. The molecular weight excluding hydrogens is 271 g/mol. The van der Waals surface area contributed by atoms with Gasteiger partial charge in [0.15, 0.2) is 0 Å². The minimum absolute atomic E-state index is 0. The molecule has 0 fully saturated rings. The molecule has 100 valence electrons. The van der Waals surface area contributed by atoms with Gasteiger partial charge in [-0.2, -0.15) is 30.7 Å². The molecule has 0 aliphatic carbocycles. The van der Waals surface area contributed by atoms with Crippen molar-refractivity contribution in [1.29, 1.82) is 0 Å². The highest BCUT2D eigenvalue weighted by Gasteiger charge is 2.74. The molecule has 1 atom stereocenters. The summed E-state index contributed by atoms with van der Waals surface area (Å²) in [6, 6.07) is -2.76. The van der Waals surface area contributed by atoms with E-state index in [9.17, 15) is 30.7 Å². The van der Waals surface area contributed by atoms with E-state index in [0.717, 1.165) is 0 Å². The third-order valence-corrected chi connectivity index (χ3v) is 1.68. The Kier molecular flexibility index (Phi) is 6.07. The van der Waals surface area contributed by atoms with Gasteiger partial charge in [0.05, 0.1) is 6.04 Å². The molecule has 0 bridgehead atoms. The van der Waals surface area contributed by atoms with E-state index in [-0.39, 0.29) is 12.4 Å². The number of rotatable bonds is 4. The largest absolute Gasteiger partial charge is 0.459 e. The van der Waals surface area contributed by atoms with E-state index in [4.69, 9.17) is 5.11 Å². The Morgan fingerprint density at radius 3 is 1.62 bits per heavy atom. The second kappa shape index (κ2) is 5.37. The minimum atomic E-state index is -6.39. The summed E-state index contributed by atoms with van der Waals surface area (Å²) in [6.07, 6.45) is -7.44. The van der Waals surface area contributed by atoms with Gasteiger partial charge in [-0.1, -0.05) is 0 Å². The van der Waals surface area contributed by atoms with E-state index in [0.29, 0.717) is 0 Å². The predicted molar refractivity (Wildman–Crippen MR) is 42.9 cm³/mol. The molecule has 0 aromatic heterocycles. The smallest absolute Gasteiger partial charge is 0.396 e. The number of halogens is 8. The van der Waals surface area contributed by atoms with Crippen LogP contribution in [0.3, 0.4) is 0 Å². The van der Waals surface area contributed by atoms with E-state index in [1.807, 2.05) is 0 Å². The van der Waals surface area contributed by atoms with E-state index in [1.165, 1.54) is 0 Å². The summed E-state index contributed by atoms with van der Waals surface area (Å²) in [6.45, 7) is -1.01. The monoisotopic (exact) mass is 279 g/mol. The number of hydrogen-bond donors (Lipinski definition) is 2. The molecule has 0 saturated heterocycles. The summed E-state index contributed by atoms with van der Waals surface area (Å²) >= 11 is 0. The molecule has 2 nitrogen and oxygen atoms in total. The van der Waals surface area contributed by atoms with E-state index >= 15 is 0 Å². The summed E-state index contributed by atoms with van der Waals surface area (Å²) in [5, 5.41) is 8.13. The van der Waals surface area contributed by atoms with E-state index in [1.54, 1.807) is 0 Å². The van der Waals surface area contributed by atoms with Crippen molar-refractivity contribution in [2.75, 3.05) is 6.61 Å². The van der Waals surface area contributed by atoms with Gasteiger partial charge in [0.1, 0.15) is 0 Å². The number of nitrogens with two attached hydrogens (primary N) is 1. The van der Waals surface area contributed by atoms with Crippen LogP contribution >= 0.6 is 12.4 Å². The SMILES string of the molecule is Cl.N[C@H](CCO)C(F)(F)C(F)(F)C(F)(F)F. The Morgan fingerprint density at radius 1 is 1.00 bits per heavy atom. The maximum absolute atomic E-state index is 12.6. The molecule has 0 aromatic rings. The summed E-state index contributed by atoms with van der Waals surface area (Å²) < 4.78 is 84.4. The first-order chi connectivity index (χ1) is 6.48. The molecule has 0 saturated carbocycles. The first-order valence-corrected chi connectivity index (χ1v) is 3.67. The van der Waals surface area contributed by atoms with Crippen LogP contribution in [0.2, 0.25) is 0 Å². The fourth-order valence-electron chi connectivity index (χ4n) is 0.742. The average molecular weight is 280 g/mol. The van der Waals surface area contributed by atoms with Crippen LogP contribution in [0.4, 0.5) is 30.7 Å². The van der Waals surface area contributed by atoms with Crippen molar-refractivity contribution in [3.63, 3.8) is 0 Å². The summed E-state index contributed by atoms with van der Waals surface area (Å²) in [5.41, 5.74) is 4.45. The van der Waals surface area contributed by atoms with Gasteiger partial charge in [-0.15, -0.1) is 12.4 Å². The highest BCUT2D eigenvalue weighted by atomic mass is 35.5. The van der Waals surface area contributed by atoms with Gasteiger partial charge in [-0.05, 0) is 6.42 Å². The fraction of sp³-hybridized carbons (Fsp3) is 1.00. The summed E-state index contributed by atoms with van der Waals surface area (Å²) in [5.74, 6) is -11.7. The van der Waals surface area contributed by atoms with Crippen molar-refractivity contribution in [2.24, 2.45) is 5.73 Å². The van der Waals surface area contributed by atoms with E-state index in [2.05, 4.69) is 5.73 Å². The molecule has 0 aromatic carbocycles. The zero-order chi connectivity index (χ0) is 12.5. The lowest BCUT2D eigenvalue weighted by molar-refractivity contribution is -0.358. The zero-order valence-corrected chi connectivity index (χ0v) is 8.39. The Labute approximate surface area is 92.0 Å². The van der Waals surface area contributed by atoms with Crippen molar-refractivity contribution >= 4 is 12.4 Å². The molecule has 10 heteroatoms. The predicted octanol–water partition coefficient (Wildman–Crippen LogP) is 1.95. The van der Waals surface area contributed by atoms with Crippen molar-refractivity contribution in [3.05, 3.63) is 0 Å². The Morgan fingerprint density at radius 2 is 1.38 bits per heavy atom. The topological polar surface area (TPSA) is 46.2 Å². The molecule has 0 aliphatic rings. The van der Waals surface area contributed by atoms with Crippen LogP contribution in [0.5, 0.6) is 0 Å². The second-order valence-electron chi connectivity index (χ2n) is 2.81. The lowest BCUT2D eigenvalue weighted by Crippen LogP contribution is -2.60. The zero-order valence-electron chi connectivity index (χ0n) is 7.57. The standard InChI is InChI=1S/C6H8F7NO.ClH/c7-4(8,3(14)1-2-15)5(9,10)6(11,12)13;/h3,15H,1-2,14H2;1H/t3-;/m1./s1. The number of hydrogen-bond acceptors (Lipinski definition) is 2. The fourth-order valence-corrected chi connectivity index (χ4v) is 0.742. The van der Waals surface area contributed by atoms with Crippen LogP contribution in [0.25, 0.3) is 0 Å². The Balaban J connectivity index is 0. The summed E-state index contributed by atoms with van der Waals surface area (Å²) in [7, 11) is 0. The third-order valence-electron chi connectivity index (χ3n) is 1.68. The lowest BCUT2D eigenvalue weighted by Gasteiger charge is -2.31. The molecule has 0 heterocycles. The highest BCUT2D eigenvalue weighted by Crippen LogP contribution is 2.47. The van der Waals surface area contributed by atoms with Crippen LogP contribution in [0.1, 0.15) is 6.42 Å². The number of alkyl halides is 7. The normalized spacial score (nSPS) is 15.6. The average Bonchev–Trinajstić information content (AvgIpc) is 2.02. The van der Waals surface area contributed by atoms with Gasteiger partial charge in [0.2, 0.25) is 0 Å². The minimum Gasteiger partial charge on any atom is -0.396 e. The van der Waals surface area contributed by atoms with Gasteiger partial charge < -0.3 is 10.8 Å². The molecular formula is C6H9ClF7NO.